The minimum absolute atomic E-state index is 0.702. The number of rotatable bonds is 3. The Balaban J connectivity index is 3.67. The molecule has 0 saturated carbocycles. The number of allylic oxidation sites excluding steroid dienone is 5. The molecule has 0 aliphatic rings. The lowest BCUT2D eigenvalue weighted by atomic mass is 10.4. The second kappa shape index (κ2) is 5.12. The van der Waals surface area contributed by atoms with Gasteiger partial charge in [-0.3, -0.25) is 10.7 Å². The van der Waals surface area contributed by atoms with Crippen molar-refractivity contribution in [3.8, 4) is 0 Å². The molecule has 0 unspecified atom stereocenters. The van der Waals surface area contributed by atoms with Crippen molar-refractivity contribution in [2.75, 3.05) is 0 Å². The van der Waals surface area contributed by atoms with Gasteiger partial charge in [0.05, 0.1) is 0 Å². The minimum Gasteiger partial charge on any atom is -0.291 e. The minimum atomic E-state index is 0.702. The Labute approximate surface area is 55.2 Å². The second-order valence-electron chi connectivity index (χ2n) is 1.58. The summed E-state index contributed by atoms with van der Waals surface area (Å²) in [5.74, 6) is 0. The van der Waals surface area contributed by atoms with Crippen LogP contribution < -0.4 is 5.48 Å². The predicted octanol–water partition coefficient (Wildman–Crippen LogP) is 1.61. The molecule has 50 valence electrons. The van der Waals surface area contributed by atoms with Gasteiger partial charge in [-0.1, -0.05) is 24.8 Å². The molecular weight excluding hydrogens is 114 g/mol. The van der Waals surface area contributed by atoms with Crippen molar-refractivity contribution in [2.24, 2.45) is 0 Å². The highest BCUT2D eigenvalue weighted by molar-refractivity contribution is 5.12. The monoisotopic (exact) mass is 125 g/mol. The third kappa shape index (κ3) is 4.84. The standard InChI is InChI=1S/C7H11NO/c1-3-4-5-6-7(2)8-9/h3-6,8-9H,1H2,2H3/b5-4-,7-6-. The first-order chi connectivity index (χ1) is 4.31. The summed E-state index contributed by atoms with van der Waals surface area (Å²) >= 11 is 0. The maximum atomic E-state index is 8.26. The average Bonchev–Trinajstić information content (AvgIpc) is 1.89. The van der Waals surface area contributed by atoms with Gasteiger partial charge < -0.3 is 0 Å². The number of hydrogen-bond donors (Lipinski definition) is 2. The molecule has 0 saturated heterocycles. The van der Waals surface area contributed by atoms with E-state index in [0.717, 1.165) is 0 Å². The van der Waals surface area contributed by atoms with E-state index in [1.54, 1.807) is 31.2 Å². The molecule has 9 heavy (non-hydrogen) atoms. The van der Waals surface area contributed by atoms with Crippen molar-refractivity contribution >= 4 is 0 Å². The molecule has 0 atom stereocenters. The van der Waals surface area contributed by atoms with E-state index in [-0.39, 0.29) is 0 Å². The Kier molecular flexibility index (Phi) is 4.54. The highest BCUT2D eigenvalue weighted by Crippen LogP contribution is 1.84. The molecule has 2 heteroatoms. The Bertz CT molecular complexity index is 136. The summed E-state index contributed by atoms with van der Waals surface area (Å²) in [6.45, 7) is 5.24. The van der Waals surface area contributed by atoms with E-state index in [2.05, 4.69) is 6.58 Å². The van der Waals surface area contributed by atoms with Gasteiger partial charge in [0.15, 0.2) is 0 Å². The van der Waals surface area contributed by atoms with Gasteiger partial charge in [0.2, 0.25) is 0 Å². The lowest BCUT2D eigenvalue weighted by molar-refractivity contribution is 0.201. The van der Waals surface area contributed by atoms with Crippen molar-refractivity contribution in [3.63, 3.8) is 0 Å². The molecule has 2 N–H and O–H groups in total. The Morgan fingerprint density at radius 1 is 1.56 bits per heavy atom. The van der Waals surface area contributed by atoms with Gasteiger partial charge in [-0.25, -0.2) is 0 Å². The number of nitrogens with one attached hydrogen (secondary N) is 1. The van der Waals surface area contributed by atoms with Crippen molar-refractivity contribution in [1.82, 2.24) is 5.48 Å². The fourth-order valence-electron chi connectivity index (χ4n) is 0.316. The first-order valence-electron chi connectivity index (χ1n) is 2.67. The van der Waals surface area contributed by atoms with E-state index < -0.39 is 0 Å². The van der Waals surface area contributed by atoms with Gasteiger partial charge in [-0.15, -0.1) is 0 Å². The normalized spacial score (nSPS) is 12.0. The molecule has 0 aliphatic carbocycles. The maximum absolute atomic E-state index is 8.26. The second-order valence-corrected chi connectivity index (χ2v) is 1.58. The Morgan fingerprint density at radius 2 is 2.22 bits per heavy atom. The first kappa shape index (κ1) is 7.98. The van der Waals surface area contributed by atoms with Crippen LogP contribution in [0.4, 0.5) is 0 Å². The molecule has 0 aromatic rings. The molecule has 0 rings (SSSR count). The summed E-state index contributed by atoms with van der Waals surface area (Å²) < 4.78 is 0. The van der Waals surface area contributed by atoms with Crippen LogP contribution in [-0.2, 0) is 0 Å². The highest BCUT2D eigenvalue weighted by atomic mass is 16.5. The smallest absolute Gasteiger partial charge is 0.0345 e. The maximum Gasteiger partial charge on any atom is 0.0345 e. The Morgan fingerprint density at radius 3 is 2.67 bits per heavy atom. The fraction of sp³-hybridized carbons (Fsp3) is 0.143. The zero-order valence-corrected chi connectivity index (χ0v) is 5.46. The molecule has 0 aromatic heterocycles. The zero-order valence-electron chi connectivity index (χ0n) is 5.46. The summed E-state index contributed by atoms with van der Waals surface area (Å²) in [4.78, 5) is 0. The van der Waals surface area contributed by atoms with Gasteiger partial charge in [0, 0.05) is 5.70 Å². The summed E-state index contributed by atoms with van der Waals surface area (Å²) in [5.41, 5.74) is 2.70. The molecule has 0 bridgehead atoms. The van der Waals surface area contributed by atoms with Crippen LogP contribution in [-0.4, -0.2) is 5.21 Å². The molecule has 0 amide bonds. The average molecular weight is 125 g/mol. The van der Waals surface area contributed by atoms with Crippen LogP contribution in [0.3, 0.4) is 0 Å². The lowest BCUT2D eigenvalue weighted by Gasteiger charge is -1.91. The van der Waals surface area contributed by atoms with E-state index in [9.17, 15) is 0 Å². The summed E-state index contributed by atoms with van der Waals surface area (Å²) in [7, 11) is 0. The van der Waals surface area contributed by atoms with Crippen LogP contribution >= 0.6 is 0 Å². The quantitative estimate of drug-likeness (QED) is 0.443. The van der Waals surface area contributed by atoms with Crippen molar-refractivity contribution < 1.29 is 5.21 Å². The van der Waals surface area contributed by atoms with Crippen molar-refractivity contribution in [1.29, 1.82) is 0 Å². The molecule has 0 aliphatic heterocycles. The van der Waals surface area contributed by atoms with Crippen LogP contribution in [0.1, 0.15) is 6.92 Å². The fourth-order valence-corrected chi connectivity index (χ4v) is 0.316. The third-order valence-electron chi connectivity index (χ3n) is 0.770. The first-order valence-corrected chi connectivity index (χ1v) is 2.67. The number of hydroxylamine groups is 1. The third-order valence-corrected chi connectivity index (χ3v) is 0.770. The lowest BCUT2D eigenvalue weighted by Crippen LogP contribution is -2.01. The van der Waals surface area contributed by atoms with Gasteiger partial charge in [-0.2, -0.15) is 0 Å². The van der Waals surface area contributed by atoms with Crippen LogP contribution in [0.2, 0.25) is 0 Å². The van der Waals surface area contributed by atoms with E-state index in [4.69, 9.17) is 5.21 Å². The van der Waals surface area contributed by atoms with E-state index in [0.29, 0.717) is 5.70 Å². The molecule has 0 heterocycles. The van der Waals surface area contributed by atoms with E-state index in [1.165, 1.54) is 0 Å². The summed E-state index contributed by atoms with van der Waals surface area (Å²) in [6, 6.07) is 0. The molecule has 0 radical (unpaired) electrons. The summed E-state index contributed by atoms with van der Waals surface area (Å²) in [6.07, 6.45) is 6.97. The van der Waals surface area contributed by atoms with Crippen LogP contribution in [0, 0.1) is 0 Å². The van der Waals surface area contributed by atoms with Crippen LogP contribution in [0.5, 0.6) is 0 Å². The molecule has 0 spiro atoms. The highest BCUT2D eigenvalue weighted by Gasteiger charge is 1.74. The van der Waals surface area contributed by atoms with E-state index in [1.807, 2.05) is 5.48 Å². The van der Waals surface area contributed by atoms with Crippen LogP contribution in [0.15, 0.2) is 36.6 Å². The molecule has 0 fully saturated rings. The van der Waals surface area contributed by atoms with Gasteiger partial charge in [0.25, 0.3) is 0 Å². The zero-order chi connectivity index (χ0) is 7.11. The molecule has 0 aromatic carbocycles. The predicted molar refractivity (Wildman–Crippen MR) is 38.0 cm³/mol. The molecular formula is C7H11NO. The Hall–Kier alpha value is -1.02. The van der Waals surface area contributed by atoms with Gasteiger partial charge in [-0.05, 0) is 13.0 Å². The van der Waals surface area contributed by atoms with Gasteiger partial charge >= 0.3 is 0 Å². The van der Waals surface area contributed by atoms with E-state index >= 15 is 0 Å². The van der Waals surface area contributed by atoms with Gasteiger partial charge in [0.1, 0.15) is 0 Å². The largest absolute Gasteiger partial charge is 0.291 e. The molecule has 2 nitrogen and oxygen atoms in total. The van der Waals surface area contributed by atoms with Crippen molar-refractivity contribution in [2.45, 2.75) is 6.92 Å². The summed E-state index contributed by atoms with van der Waals surface area (Å²) in [5, 5.41) is 8.26. The SMILES string of the molecule is C=C/C=C\C=C(\C)NO. The van der Waals surface area contributed by atoms with Crippen molar-refractivity contribution in [3.05, 3.63) is 36.6 Å². The number of hydrogen-bond acceptors (Lipinski definition) is 2. The van der Waals surface area contributed by atoms with Crippen LogP contribution in [0.25, 0.3) is 0 Å². The topological polar surface area (TPSA) is 32.3 Å².